The van der Waals surface area contributed by atoms with Crippen LogP contribution in [-0.4, -0.2) is 22.3 Å². The van der Waals surface area contributed by atoms with Crippen molar-refractivity contribution in [1.29, 1.82) is 0 Å². The van der Waals surface area contributed by atoms with Crippen LogP contribution in [0.5, 0.6) is 0 Å². The Hall–Kier alpha value is -2.11. The fourth-order valence-electron chi connectivity index (χ4n) is 3.36. The number of hydrogen-bond acceptors (Lipinski definition) is 4. The summed E-state index contributed by atoms with van der Waals surface area (Å²) < 4.78 is 7.57. The summed E-state index contributed by atoms with van der Waals surface area (Å²) in [5.41, 5.74) is 3.26. The second-order valence-electron chi connectivity index (χ2n) is 6.74. The Morgan fingerprint density at radius 1 is 1.23 bits per heavy atom. The molecule has 1 saturated heterocycles. The van der Waals surface area contributed by atoms with Crippen LogP contribution >= 0.6 is 11.8 Å². The number of ether oxygens (including phenoxy) is 1. The molecule has 0 saturated carbocycles. The summed E-state index contributed by atoms with van der Waals surface area (Å²) >= 11 is 1.62. The molecule has 2 aromatic carbocycles. The highest BCUT2D eigenvalue weighted by Crippen LogP contribution is 2.24. The van der Waals surface area contributed by atoms with Crippen LogP contribution in [0, 0.1) is 6.92 Å². The van der Waals surface area contributed by atoms with Crippen LogP contribution in [0.15, 0.2) is 58.5 Å². The van der Waals surface area contributed by atoms with Crippen LogP contribution < -0.4 is 5.56 Å². The highest BCUT2D eigenvalue weighted by molar-refractivity contribution is 7.98. The van der Waals surface area contributed by atoms with E-state index in [-0.39, 0.29) is 11.7 Å². The van der Waals surface area contributed by atoms with Crippen LogP contribution in [0.1, 0.15) is 24.0 Å². The van der Waals surface area contributed by atoms with E-state index >= 15 is 0 Å². The molecule has 4 nitrogen and oxygen atoms in total. The maximum atomic E-state index is 13.1. The smallest absolute Gasteiger partial charge is 0.262 e. The molecule has 26 heavy (non-hydrogen) atoms. The zero-order chi connectivity index (χ0) is 17.9. The third-order valence-corrected chi connectivity index (χ3v) is 5.73. The summed E-state index contributed by atoms with van der Waals surface area (Å²) in [6.45, 7) is 3.45. The molecule has 0 spiro atoms. The van der Waals surface area contributed by atoms with Crippen molar-refractivity contribution in [2.24, 2.45) is 0 Å². The number of nitrogens with zero attached hydrogens (tertiary/aromatic N) is 2. The number of para-hydroxylation sites is 1. The van der Waals surface area contributed by atoms with Crippen molar-refractivity contribution in [3.8, 4) is 0 Å². The number of fused-ring (bicyclic) bond motifs is 1. The van der Waals surface area contributed by atoms with Crippen LogP contribution in [0.2, 0.25) is 0 Å². The monoisotopic (exact) mass is 366 g/mol. The SMILES string of the molecule is Cc1cccc(CSc2nc3ccccc3c(=O)n2C[C@@H]2CCCO2)c1. The van der Waals surface area contributed by atoms with Crippen molar-refractivity contribution >= 4 is 22.7 Å². The van der Waals surface area contributed by atoms with E-state index in [9.17, 15) is 4.79 Å². The molecule has 3 aromatic rings. The lowest BCUT2D eigenvalue weighted by Crippen LogP contribution is -2.28. The first kappa shape index (κ1) is 17.3. The Balaban J connectivity index is 1.69. The highest BCUT2D eigenvalue weighted by atomic mass is 32.2. The summed E-state index contributed by atoms with van der Waals surface area (Å²) in [5, 5.41) is 1.44. The normalized spacial score (nSPS) is 17.0. The first-order chi connectivity index (χ1) is 12.7. The Morgan fingerprint density at radius 3 is 2.92 bits per heavy atom. The van der Waals surface area contributed by atoms with Gasteiger partial charge in [-0.1, -0.05) is 53.7 Å². The van der Waals surface area contributed by atoms with E-state index in [4.69, 9.17) is 9.72 Å². The number of thioether (sulfide) groups is 1. The molecule has 0 amide bonds. The van der Waals surface area contributed by atoms with E-state index in [0.29, 0.717) is 11.9 Å². The molecule has 0 bridgehead atoms. The average Bonchev–Trinajstić information content (AvgIpc) is 3.16. The third kappa shape index (κ3) is 3.69. The van der Waals surface area contributed by atoms with Crippen LogP contribution in [-0.2, 0) is 17.0 Å². The molecule has 0 aliphatic carbocycles. The molecule has 1 fully saturated rings. The molecule has 1 atom stereocenters. The summed E-state index contributed by atoms with van der Waals surface area (Å²) in [5.74, 6) is 0.790. The van der Waals surface area contributed by atoms with Gasteiger partial charge in [0.05, 0.1) is 23.6 Å². The number of hydrogen-bond donors (Lipinski definition) is 0. The molecular weight excluding hydrogens is 344 g/mol. The predicted molar refractivity (Wildman–Crippen MR) is 106 cm³/mol. The topological polar surface area (TPSA) is 44.1 Å². The van der Waals surface area contributed by atoms with E-state index < -0.39 is 0 Å². The van der Waals surface area contributed by atoms with Gasteiger partial charge < -0.3 is 4.74 Å². The maximum absolute atomic E-state index is 13.1. The second-order valence-corrected chi connectivity index (χ2v) is 7.68. The van der Waals surface area contributed by atoms with Gasteiger partial charge in [-0.05, 0) is 37.5 Å². The van der Waals surface area contributed by atoms with Gasteiger partial charge in [-0.15, -0.1) is 0 Å². The molecule has 0 N–H and O–H groups in total. The van der Waals surface area contributed by atoms with Crippen molar-refractivity contribution in [2.75, 3.05) is 6.61 Å². The van der Waals surface area contributed by atoms with Gasteiger partial charge in [0.15, 0.2) is 5.16 Å². The summed E-state index contributed by atoms with van der Waals surface area (Å²) in [4.78, 5) is 17.8. The van der Waals surface area contributed by atoms with Crippen LogP contribution in [0.3, 0.4) is 0 Å². The number of benzene rings is 2. The summed E-state index contributed by atoms with van der Waals surface area (Å²) in [6, 6.07) is 16.0. The van der Waals surface area contributed by atoms with E-state index in [1.165, 1.54) is 11.1 Å². The van der Waals surface area contributed by atoms with Gasteiger partial charge in [0, 0.05) is 12.4 Å². The van der Waals surface area contributed by atoms with Crippen molar-refractivity contribution in [3.63, 3.8) is 0 Å². The Kier molecular flexibility index (Phi) is 5.09. The lowest BCUT2D eigenvalue weighted by molar-refractivity contribution is 0.0937. The second kappa shape index (κ2) is 7.64. The average molecular weight is 366 g/mol. The molecule has 0 unspecified atom stereocenters. The summed E-state index contributed by atoms with van der Waals surface area (Å²) in [7, 11) is 0. The third-order valence-electron chi connectivity index (χ3n) is 4.69. The minimum atomic E-state index is 0.0258. The minimum Gasteiger partial charge on any atom is -0.376 e. The van der Waals surface area contributed by atoms with E-state index in [2.05, 4.69) is 31.2 Å². The molecule has 5 heteroatoms. The number of aromatic nitrogens is 2. The van der Waals surface area contributed by atoms with Crippen molar-refractivity contribution in [3.05, 3.63) is 70.0 Å². The summed E-state index contributed by atoms with van der Waals surface area (Å²) in [6.07, 6.45) is 2.17. The quantitative estimate of drug-likeness (QED) is 0.502. The number of rotatable bonds is 5. The Morgan fingerprint density at radius 2 is 2.12 bits per heavy atom. The lowest BCUT2D eigenvalue weighted by Gasteiger charge is -2.16. The molecule has 1 aliphatic heterocycles. The van der Waals surface area contributed by atoms with Gasteiger partial charge in [-0.2, -0.15) is 0 Å². The predicted octanol–water partition coefficient (Wildman–Crippen LogP) is 4.18. The molecular formula is C21H22N2O2S. The van der Waals surface area contributed by atoms with Gasteiger partial charge in [-0.3, -0.25) is 9.36 Å². The first-order valence-electron chi connectivity index (χ1n) is 9.00. The zero-order valence-electron chi connectivity index (χ0n) is 14.9. The molecule has 1 aromatic heterocycles. The van der Waals surface area contributed by atoms with E-state index in [1.54, 1.807) is 16.3 Å². The Bertz CT molecular complexity index is 977. The lowest BCUT2D eigenvalue weighted by atomic mass is 10.2. The largest absolute Gasteiger partial charge is 0.376 e. The highest BCUT2D eigenvalue weighted by Gasteiger charge is 2.20. The molecule has 1 aliphatic rings. The van der Waals surface area contributed by atoms with Crippen molar-refractivity contribution < 1.29 is 4.74 Å². The van der Waals surface area contributed by atoms with Gasteiger partial charge >= 0.3 is 0 Å². The minimum absolute atomic E-state index is 0.0258. The van der Waals surface area contributed by atoms with Gasteiger partial charge in [-0.25, -0.2) is 4.98 Å². The molecule has 0 radical (unpaired) electrons. The van der Waals surface area contributed by atoms with Crippen molar-refractivity contribution in [1.82, 2.24) is 9.55 Å². The Labute approximate surface area is 157 Å². The maximum Gasteiger partial charge on any atom is 0.262 e. The fraction of sp³-hybridized carbons (Fsp3) is 0.333. The standard InChI is InChI=1S/C21H22N2O2S/c1-15-6-4-7-16(12-15)14-26-21-22-19-10-3-2-9-18(19)20(24)23(21)13-17-8-5-11-25-17/h2-4,6-7,9-10,12,17H,5,8,11,13-14H2,1H3/t17-/m0/s1. The molecule has 134 valence electrons. The van der Waals surface area contributed by atoms with Crippen LogP contribution in [0.25, 0.3) is 10.9 Å². The van der Waals surface area contributed by atoms with Gasteiger partial charge in [0.1, 0.15) is 0 Å². The molecule has 4 rings (SSSR count). The number of aryl methyl sites for hydroxylation is 1. The molecule has 2 heterocycles. The fourth-order valence-corrected chi connectivity index (χ4v) is 4.31. The zero-order valence-corrected chi connectivity index (χ0v) is 15.7. The van der Waals surface area contributed by atoms with Gasteiger partial charge in [0.25, 0.3) is 5.56 Å². The van der Waals surface area contributed by atoms with Crippen LogP contribution in [0.4, 0.5) is 0 Å². The van der Waals surface area contributed by atoms with E-state index in [1.807, 2.05) is 24.3 Å². The first-order valence-corrected chi connectivity index (χ1v) is 9.99. The van der Waals surface area contributed by atoms with Gasteiger partial charge in [0.2, 0.25) is 0 Å². The van der Waals surface area contributed by atoms with Crippen molar-refractivity contribution in [2.45, 2.75) is 43.3 Å². The van der Waals surface area contributed by atoms with E-state index in [0.717, 1.165) is 35.9 Å².